The van der Waals surface area contributed by atoms with Crippen LogP contribution in [0.15, 0.2) is 18.6 Å². The largest absolute Gasteiger partial charge is 0.349 e. The van der Waals surface area contributed by atoms with Crippen LogP contribution in [0.5, 0.6) is 0 Å². The van der Waals surface area contributed by atoms with E-state index in [2.05, 4.69) is 15.5 Å². The lowest BCUT2D eigenvalue weighted by Gasteiger charge is -2.03. The maximum Gasteiger partial charge on any atom is 0.273 e. The Balaban J connectivity index is 1.87. The lowest BCUT2D eigenvalue weighted by molar-refractivity contribution is 0.0946. The number of carbonyl (C=O) groups excluding carboxylic acids is 1. The molecular weight excluding hydrogens is 277 g/mol. The first-order valence-corrected chi connectivity index (χ1v) is 5.97. The monoisotopic (exact) mass is 287 g/mol. The first kappa shape index (κ1) is 12.9. The lowest BCUT2D eigenvalue weighted by atomic mass is 10.4. The number of hydrogen-bond acceptors (Lipinski definition) is 3. The van der Waals surface area contributed by atoms with Gasteiger partial charge in [0.2, 0.25) is 0 Å². The maximum atomic E-state index is 11.7. The minimum atomic E-state index is -0.307. The number of aromatic nitrogens is 4. The Morgan fingerprint density at radius 2 is 2.22 bits per heavy atom. The van der Waals surface area contributed by atoms with Gasteiger partial charge in [-0.3, -0.25) is 14.2 Å². The molecule has 2 aromatic rings. The van der Waals surface area contributed by atoms with Gasteiger partial charge in [-0.05, 0) is 0 Å². The van der Waals surface area contributed by atoms with Gasteiger partial charge in [-0.1, -0.05) is 23.2 Å². The van der Waals surface area contributed by atoms with E-state index in [0.29, 0.717) is 23.1 Å². The maximum absolute atomic E-state index is 11.7. The molecule has 96 valence electrons. The number of nitrogens with zero attached hydrogens (tertiary/aromatic N) is 4. The van der Waals surface area contributed by atoms with Gasteiger partial charge in [0.05, 0.1) is 22.8 Å². The molecule has 0 atom stereocenters. The minimum absolute atomic E-state index is 0.220. The summed E-state index contributed by atoms with van der Waals surface area (Å²) in [6.07, 6.45) is 4.80. The molecule has 2 aromatic heterocycles. The van der Waals surface area contributed by atoms with Gasteiger partial charge >= 0.3 is 0 Å². The summed E-state index contributed by atoms with van der Waals surface area (Å²) in [5.74, 6) is -0.307. The number of hydrogen-bond donors (Lipinski definition) is 1. The third-order valence-electron chi connectivity index (χ3n) is 2.23. The fourth-order valence-electron chi connectivity index (χ4n) is 1.44. The molecule has 0 aromatic carbocycles. The van der Waals surface area contributed by atoms with E-state index >= 15 is 0 Å². The predicted octanol–water partition coefficient (Wildman–Crippen LogP) is 1.35. The molecule has 0 fully saturated rings. The lowest BCUT2D eigenvalue weighted by Crippen LogP contribution is -2.28. The van der Waals surface area contributed by atoms with E-state index in [9.17, 15) is 4.79 Å². The van der Waals surface area contributed by atoms with Crippen LogP contribution in [0.4, 0.5) is 0 Å². The van der Waals surface area contributed by atoms with Crippen molar-refractivity contribution in [2.24, 2.45) is 7.05 Å². The standard InChI is InChI=1S/C10H11Cl2N5O/c1-16-6-8(12)9(15-16)10(18)13-2-3-17-5-7(11)4-14-17/h4-6H,2-3H2,1H3,(H,13,18). The van der Waals surface area contributed by atoms with Crippen molar-refractivity contribution in [1.29, 1.82) is 0 Å². The smallest absolute Gasteiger partial charge is 0.273 e. The fourth-order valence-corrected chi connectivity index (χ4v) is 1.86. The van der Waals surface area contributed by atoms with Gasteiger partial charge in [0.15, 0.2) is 5.69 Å². The molecular formula is C10H11Cl2N5O. The highest BCUT2D eigenvalue weighted by atomic mass is 35.5. The molecule has 0 radical (unpaired) electrons. The summed E-state index contributed by atoms with van der Waals surface area (Å²) >= 11 is 11.6. The summed E-state index contributed by atoms with van der Waals surface area (Å²) in [7, 11) is 1.70. The van der Waals surface area contributed by atoms with Gasteiger partial charge in [-0.15, -0.1) is 0 Å². The van der Waals surface area contributed by atoms with E-state index in [-0.39, 0.29) is 11.6 Å². The van der Waals surface area contributed by atoms with Crippen molar-refractivity contribution in [2.45, 2.75) is 6.54 Å². The molecule has 1 amide bonds. The van der Waals surface area contributed by atoms with Crippen LogP contribution in [0.1, 0.15) is 10.5 Å². The van der Waals surface area contributed by atoms with E-state index < -0.39 is 0 Å². The number of nitrogens with one attached hydrogen (secondary N) is 1. The van der Waals surface area contributed by atoms with E-state index in [0.717, 1.165) is 0 Å². The van der Waals surface area contributed by atoms with Gasteiger partial charge in [0.25, 0.3) is 5.91 Å². The topological polar surface area (TPSA) is 64.7 Å². The van der Waals surface area contributed by atoms with Gasteiger partial charge < -0.3 is 5.32 Å². The minimum Gasteiger partial charge on any atom is -0.349 e. The Labute approximate surface area is 113 Å². The molecule has 0 unspecified atom stereocenters. The number of amides is 1. The zero-order chi connectivity index (χ0) is 13.1. The molecule has 0 aliphatic heterocycles. The quantitative estimate of drug-likeness (QED) is 0.923. The van der Waals surface area contributed by atoms with Crippen molar-refractivity contribution in [2.75, 3.05) is 6.54 Å². The normalized spacial score (nSPS) is 10.6. The van der Waals surface area contributed by atoms with Crippen molar-refractivity contribution in [3.05, 3.63) is 34.3 Å². The Morgan fingerprint density at radius 3 is 2.78 bits per heavy atom. The highest BCUT2D eigenvalue weighted by Crippen LogP contribution is 2.12. The van der Waals surface area contributed by atoms with Gasteiger partial charge in [0, 0.05) is 26.0 Å². The predicted molar refractivity (Wildman–Crippen MR) is 67.8 cm³/mol. The summed E-state index contributed by atoms with van der Waals surface area (Å²) < 4.78 is 3.13. The first-order chi connectivity index (χ1) is 8.56. The molecule has 2 heterocycles. The SMILES string of the molecule is Cn1cc(Cl)c(C(=O)NCCn2cc(Cl)cn2)n1. The number of rotatable bonds is 4. The van der Waals surface area contributed by atoms with E-state index in [4.69, 9.17) is 23.2 Å². The average molecular weight is 288 g/mol. The second kappa shape index (κ2) is 5.41. The zero-order valence-corrected chi connectivity index (χ0v) is 11.1. The van der Waals surface area contributed by atoms with Crippen LogP contribution in [-0.4, -0.2) is 32.0 Å². The second-order valence-electron chi connectivity index (χ2n) is 3.68. The second-order valence-corrected chi connectivity index (χ2v) is 4.52. The molecule has 18 heavy (non-hydrogen) atoms. The van der Waals surface area contributed by atoms with Crippen molar-refractivity contribution in [3.8, 4) is 0 Å². The van der Waals surface area contributed by atoms with Crippen molar-refractivity contribution >= 4 is 29.1 Å². The molecule has 2 rings (SSSR count). The summed E-state index contributed by atoms with van der Waals surface area (Å²) in [6.45, 7) is 0.951. The summed E-state index contributed by atoms with van der Waals surface area (Å²) in [5, 5.41) is 11.6. The summed E-state index contributed by atoms with van der Waals surface area (Å²) in [5.41, 5.74) is 0.220. The van der Waals surface area contributed by atoms with E-state index in [1.165, 1.54) is 4.68 Å². The molecule has 1 N–H and O–H groups in total. The first-order valence-electron chi connectivity index (χ1n) is 5.21. The molecule has 0 bridgehead atoms. The molecule has 0 spiro atoms. The number of carbonyl (C=O) groups is 1. The highest BCUT2D eigenvalue weighted by molar-refractivity contribution is 6.33. The van der Waals surface area contributed by atoms with Crippen LogP contribution in [0.3, 0.4) is 0 Å². The number of aryl methyl sites for hydroxylation is 1. The van der Waals surface area contributed by atoms with Gasteiger partial charge in [-0.25, -0.2) is 0 Å². The van der Waals surface area contributed by atoms with Crippen molar-refractivity contribution in [1.82, 2.24) is 24.9 Å². The van der Waals surface area contributed by atoms with Gasteiger partial charge in [0.1, 0.15) is 0 Å². The van der Waals surface area contributed by atoms with Crippen LogP contribution >= 0.6 is 23.2 Å². The molecule has 0 aliphatic rings. The summed E-state index contributed by atoms with van der Waals surface area (Å²) in [6, 6.07) is 0. The van der Waals surface area contributed by atoms with Gasteiger partial charge in [-0.2, -0.15) is 10.2 Å². The molecule has 8 heteroatoms. The Kier molecular flexibility index (Phi) is 3.88. The van der Waals surface area contributed by atoms with E-state index in [1.807, 2.05) is 0 Å². The van der Waals surface area contributed by atoms with Crippen molar-refractivity contribution < 1.29 is 4.79 Å². The zero-order valence-electron chi connectivity index (χ0n) is 9.60. The third-order valence-corrected chi connectivity index (χ3v) is 2.70. The average Bonchev–Trinajstić information content (AvgIpc) is 2.85. The molecule has 6 nitrogen and oxygen atoms in total. The third kappa shape index (κ3) is 3.02. The highest BCUT2D eigenvalue weighted by Gasteiger charge is 2.13. The van der Waals surface area contributed by atoms with Crippen molar-refractivity contribution in [3.63, 3.8) is 0 Å². The summed E-state index contributed by atoms with van der Waals surface area (Å²) in [4.78, 5) is 11.7. The van der Waals surface area contributed by atoms with Crippen LogP contribution in [0.2, 0.25) is 10.0 Å². The fraction of sp³-hybridized carbons (Fsp3) is 0.300. The van der Waals surface area contributed by atoms with Crippen LogP contribution in [-0.2, 0) is 13.6 Å². The number of halogens is 2. The Morgan fingerprint density at radius 1 is 1.44 bits per heavy atom. The van der Waals surface area contributed by atoms with E-state index in [1.54, 1.807) is 30.3 Å². The van der Waals surface area contributed by atoms with Crippen LogP contribution in [0, 0.1) is 0 Å². The Bertz CT molecular complexity index is 562. The Hall–Kier alpha value is -1.53. The molecule has 0 aliphatic carbocycles. The molecule has 0 saturated heterocycles. The van der Waals surface area contributed by atoms with Crippen LogP contribution in [0.25, 0.3) is 0 Å². The van der Waals surface area contributed by atoms with Crippen LogP contribution < -0.4 is 5.32 Å². The molecule has 0 saturated carbocycles.